The van der Waals surface area contributed by atoms with Crippen molar-refractivity contribution in [3.8, 4) is 0 Å². The van der Waals surface area contributed by atoms with Crippen LogP contribution in [0.3, 0.4) is 0 Å². The Morgan fingerprint density at radius 1 is 1.30 bits per heavy atom. The zero-order valence-electron chi connectivity index (χ0n) is 13.0. The van der Waals surface area contributed by atoms with Crippen LogP contribution in [-0.4, -0.2) is 36.5 Å². The van der Waals surface area contributed by atoms with Gasteiger partial charge < -0.3 is 15.4 Å². The molecule has 120 valence electrons. The van der Waals surface area contributed by atoms with Crippen LogP contribution in [0.25, 0.3) is 11.2 Å². The minimum atomic E-state index is -0.541. The van der Waals surface area contributed by atoms with E-state index in [4.69, 9.17) is 5.73 Å². The molecule has 2 atom stereocenters. The number of thioether (sulfide) groups is 1. The number of benzene rings is 1. The van der Waals surface area contributed by atoms with E-state index in [1.54, 1.807) is 25.0 Å². The highest BCUT2D eigenvalue weighted by Gasteiger charge is 2.21. The maximum Gasteiger partial charge on any atom is 0.165 e. The van der Waals surface area contributed by atoms with Crippen LogP contribution in [0, 0.1) is 6.92 Å². The van der Waals surface area contributed by atoms with E-state index in [-0.39, 0.29) is 6.04 Å². The third-order valence-electron chi connectivity index (χ3n) is 3.71. The van der Waals surface area contributed by atoms with E-state index in [0.29, 0.717) is 22.7 Å². The van der Waals surface area contributed by atoms with Gasteiger partial charge in [-0.1, -0.05) is 17.7 Å². The highest BCUT2D eigenvalue weighted by Crippen LogP contribution is 2.28. The summed E-state index contributed by atoms with van der Waals surface area (Å²) < 4.78 is 1.88. The van der Waals surface area contributed by atoms with Gasteiger partial charge >= 0.3 is 0 Å². The van der Waals surface area contributed by atoms with E-state index < -0.39 is 6.10 Å². The zero-order chi connectivity index (χ0) is 16.4. The Morgan fingerprint density at radius 2 is 2.13 bits per heavy atom. The summed E-state index contributed by atoms with van der Waals surface area (Å²) in [5.74, 6) is 1.06. The topological polar surface area (TPSA) is 89.8 Å². The largest absolute Gasteiger partial charge is 0.391 e. The van der Waals surface area contributed by atoms with Crippen molar-refractivity contribution in [1.82, 2.24) is 19.5 Å². The number of hydrogen-bond donors (Lipinski definition) is 2. The maximum atomic E-state index is 10.2. The summed E-state index contributed by atoms with van der Waals surface area (Å²) in [4.78, 5) is 13.7. The number of aliphatic hydroxyl groups is 1. The Hall–Kier alpha value is -2.12. The van der Waals surface area contributed by atoms with Gasteiger partial charge in [-0.25, -0.2) is 15.0 Å². The van der Waals surface area contributed by atoms with Gasteiger partial charge in [0.2, 0.25) is 0 Å². The van der Waals surface area contributed by atoms with E-state index in [2.05, 4.69) is 40.1 Å². The van der Waals surface area contributed by atoms with E-state index >= 15 is 0 Å². The van der Waals surface area contributed by atoms with Crippen LogP contribution in [0.2, 0.25) is 0 Å². The minimum absolute atomic E-state index is 0.153. The summed E-state index contributed by atoms with van der Waals surface area (Å²) in [5.41, 5.74) is 8.27. The number of hydrogen-bond acceptors (Lipinski definition) is 6. The molecule has 1 aromatic carbocycles. The lowest BCUT2D eigenvalue weighted by molar-refractivity contribution is 0.143. The lowest BCUT2D eigenvalue weighted by Crippen LogP contribution is -2.23. The van der Waals surface area contributed by atoms with Crippen LogP contribution in [0.5, 0.6) is 0 Å². The predicted octanol–water partition coefficient (Wildman–Crippen LogP) is 2.43. The van der Waals surface area contributed by atoms with Gasteiger partial charge in [0.05, 0.1) is 18.5 Å². The minimum Gasteiger partial charge on any atom is -0.391 e. The molecule has 23 heavy (non-hydrogen) atoms. The molecule has 0 aliphatic rings. The second kappa shape index (κ2) is 6.55. The molecule has 0 spiro atoms. The van der Waals surface area contributed by atoms with E-state index in [1.165, 1.54) is 16.8 Å². The number of aromatic nitrogens is 4. The van der Waals surface area contributed by atoms with Gasteiger partial charge in [0.1, 0.15) is 11.8 Å². The molecule has 0 bridgehead atoms. The summed E-state index contributed by atoms with van der Waals surface area (Å²) >= 11 is 1.70. The van der Waals surface area contributed by atoms with Crippen molar-refractivity contribution in [2.24, 2.45) is 0 Å². The van der Waals surface area contributed by atoms with Gasteiger partial charge in [-0.2, -0.15) is 0 Å². The normalized spacial score (nSPS) is 14.0. The number of rotatable bonds is 5. The number of nitrogens with two attached hydrogens (primary N) is 1. The van der Waals surface area contributed by atoms with Crippen molar-refractivity contribution >= 4 is 28.7 Å². The number of aliphatic hydroxyl groups excluding tert-OH is 1. The standard InChI is InChI=1S/C16H19N5OS/c1-10-4-3-5-12(6-10)23-7-13(11(2)22)21-9-20-14-15(17)18-8-19-16(14)21/h3-6,8-9,11,13,22H,7H2,1-2H3,(H2,17,18,19)/t11-,13+/m0/s1. The molecule has 6 nitrogen and oxygen atoms in total. The first-order chi connectivity index (χ1) is 11.1. The van der Waals surface area contributed by atoms with Crippen molar-refractivity contribution in [3.05, 3.63) is 42.5 Å². The average molecular weight is 329 g/mol. The summed E-state index contributed by atoms with van der Waals surface area (Å²) in [6.07, 6.45) is 2.55. The first-order valence-corrected chi connectivity index (χ1v) is 8.35. The van der Waals surface area contributed by atoms with Crippen molar-refractivity contribution in [1.29, 1.82) is 0 Å². The van der Waals surface area contributed by atoms with Gasteiger partial charge in [0, 0.05) is 10.6 Å². The Balaban J connectivity index is 1.87. The summed E-state index contributed by atoms with van der Waals surface area (Å²) in [7, 11) is 0. The fourth-order valence-electron chi connectivity index (χ4n) is 2.45. The van der Waals surface area contributed by atoms with Crippen LogP contribution >= 0.6 is 11.8 Å². The number of nitrogen functional groups attached to an aromatic ring is 1. The molecule has 0 saturated carbocycles. The smallest absolute Gasteiger partial charge is 0.165 e. The van der Waals surface area contributed by atoms with Crippen LogP contribution in [-0.2, 0) is 0 Å². The molecule has 0 radical (unpaired) electrons. The molecule has 0 amide bonds. The number of fused-ring (bicyclic) bond motifs is 1. The van der Waals surface area contributed by atoms with E-state index in [1.807, 2.05) is 10.6 Å². The van der Waals surface area contributed by atoms with Crippen molar-refractivity contribution < 1.29 is 5.11 Å². The molecule has 2 heterocycles. The maximum absolute atomic E-state index is 10.2. The molecule has 0 fully saturated rings. The molecule has 0 aliphatic carbocycles. The van der Waals surface area contributed by atoms with Crippen molar-refractivity contribution in [3.63, 3.8) is 0 Å². The van der Waals surface area contributed by atoms with Gasteiger partial charge in [-0.3, -0.25) is 0 Å². The van der Waals surface area contributed by atoms with Crippen LogP contribution in [0.4, 0.5) is 5.82 Å². The number of anilines is 1. The van der Waals surface area contributed by atoms with Gasteiger partial charge in [-0.15, -0.1) is 11.8 Å². The lowest BCUT2D eigenvalue weighted by atomic mass is 10.2. The molecule has 3 aromatic rings. The predicted molar refractivity (Wildman–Crippen MR) is 92.4 cm³/mol. The monoisotopic (exact) mass is 329 g/mol. The number of imidazole rings is 1. The zero-order valence-corrected chi connectivity index (χ0v) is 13.9. The molecule has 0 saturated heterocycles. The molecule has 3 rings (SSSR count). The SMILES string of the molecule is Cc1cccc(SC[C@H]([C@H](C)O)n2cnc3c(N)ncnc32)c1. The van der Waals surface area contributed by atoms with E-state index in [9.17, 15) is 5.11 Å². The van der Waals surface area contributed by atoms with Gasteiger partial charge in [0.25, 0.3) is 0 Å². The Kier molecular flexibility index (Phi) is 4.49. The molecule has 0 aliphatic heterocycles. The summed E-state index contributed by atoms with van der Waals surface area (Å²) in [6.45, 7) is 3.84. The highest BCUT2D eigenvalue weighted by atomic mass is 32.2. The Morgan fingerprint density at radius 3 is 2.87 bits per heavy atom. The second-order valence-corrected chi connectivity index (χ2v) is 6.61. The second-order valence-electron chi connectivity index (χ2n) is 5.52. The van der Waals surface area contributed by atoms with Crippen LogP contribution < -0.4 is 5.73 Å². The fourth-order valence-corrected chi connectivity index (χ4v) is 3.70. The molecule has 0 unspecified atom stereocenters. The molecule has 3 N–H and O–H groups in total. The van der Waals surface area contributed by atoms with Crippen LogP contribution in [0.15, 0.2) is 41.8 Å². The molecule has 7 heteroatoms. The van der Waals surface area contributed by atoms with Gasteiger partial charge in [0.15, 0.2) is 11.5 Å². The average Bonchev–Trinajstić information content (AvgIpc) is 2.93. The third-order valence-corrected chi connectivity index (χ3v) is 4.81. The molecular formula is C16H19N5OS. The number of aryl methyl sites for hydroxylation is 1. The van der Waals surface area contributed by atoms with E-state index in [0.717, 1.165) is 0 Å². The Labute approximate surface area is 138 Å². The fraction of sp³-hybridized carbons (Fsp3) is 0.312. The lowest BCUT2D eigenvalue weighted by Gasteiger charge is -2.21. The Bertz CT molecular complexity index is 817. The quantitative estimate of drug-likeness (QED) is 0.699. The summed E-state index contributed by atoms with van der Waals surface area (Å²) in [5, 5.41) is 10.2. The first-order valence-electron chi connectivity index (χ1n) is 7.37. The highest BCUT2D eigenvalue weighted by molar-refractivity contribution is 7.99. The van der Waals surface area contributed by atoms with Crippen molar-refractivity contribution in [2.75, 3.05) is 11.5 Å². The van der Waals surface area contributed by atoms with Crippen molar-refractivity contribution in [2.45, 2.75) is 30.9 Å². The number of nitrogens with zero attached hydrogens (tertiary/aromatic N) is 4. The third kappa shape index (κ3) is 3.30. The summed E-state index contributed by atoms with van der Waals surface area (Å²) in [6, 6.07) is 8.16. The molecule has 2 aromatic heterocycles. The molecular weight excluding hydrogens is 310 g/mol. The first kappa shape index (κ1) is 15.8. The van der Waals surface area contributed by atoms with Gasteiger partial charge in [-0.05, 0) is 26.0 Å². The van der Waals surface area contributed by atoms with Crippen LogP contribution in [0.1, 0.15) is 18.5 Å².